The van der Waals surface area contributed by atoms with E-state index in [0.717, 1.165) is 22.1 Å². The first kappa shape index (κ1) is 10.8. The highest BCUT2D eigenvalue weighted by molar-refractivity contribution is 6.28. The van der Waals surface area contributed by atoms with Gasteiger partial charge in [0.2, 0.25) is 0 Å². The minimum atomic E-state index is 0.495. The smallest absolute Gasteiger partial charge is 0.0957 e. The topological polar surface area (TPSA) is 52.5 Å². The predicted octanol–water partition coefficient (Wildman–Crippen LogP) is 3.94. The van der Waals surface area contributed by atoms with E-state index in [1.165, 1.54) is 21.5 Å². The molecule has 98 valence electrons. The van der Waals surface area contributed by atoms with Crippen molar-refractivity contribution in [1.82, 2.24) is 9.97 Å². The van der Waals surface area contributed by atoms with Crippen molar-refractivity contribution in [3.8, 4) is 0 Å². The molecule has 3 nitrogen and oxygen atoms in total. The summed E-state index contributed by atoms with van der Waals surface area (Å²) in [7, 11) is 0. The molecule has 5 aromatic rings. The van der Waals surface area contributed by atoms with Gasteiger partial charge in [-0.25, -0.2) is 4.98 Å². The summed E-state index contributed by atoms with van der Waals surface area (Å²) < 4.78 is 0. The van der Waals surface area contributed by atoms with E-state index in [1.54, 1.807) is 6.07 Å². The van der Waals surface area contributed by atoms with Crippen molar-refractivity contribution in [1.29, 1.82) is 5.41 Å². The van der Waals surface area contributed by atoms with E-state index in [9.17, 15) is 0 Å². The summed E-state index contributed by atoms with van der Waals surface area (Å²) in [6.07, 6.45) is 0. The zero-order valence-corrected chi connectivity index (χ0v) is 11.1. The Bertz CT molecular complexity index is 1200. The maximum atomic E-state index is 7.77. The molecule has 0 aliphatic heterocycles. The van der Waals surface area contributed by atoms with Gasteiger partial charge in [0.15, 0.2) is 0 Å². The number of benzene rings is 3. The molecule has 4 aromatic carbocycles. The molecule has 0 saturated heterocycles. The molecule has 0 spiro atoms. The molecule has 1 heterocycles. The number of hydrogen-bond donors (Lipinski definition) is 2. The molecule has 0 bridgehead atoms. The van der Waals surface area contributed by atoms with Crippen LogP contribution in [-0.4, -0.2) is 9.97 Å². The number of nitrogens with zero attached hydrogens (tertiary/aromatic N) is 1. The Kier molecular flexibility index (Phi) is 1.84. The fourth-order valence-electron chi connectivity index (χ4n) is 3.24. The second-order valence-electron chi connectivity index (χ2n) is 5.40. The fraction of sp³-hybridized carbons (Fsp3) is 0. The van der Waals surface area contributed by atoms with Crippen molar-refractivity contribution in [3.63, 3.8) is 0 Å². The first-order valence-corrected chi connectivity index (χ1v) is 6.92. The maximum Gasteiger partial charge on any atom is 0.0957 e. The molecule has 0 radical (unpaired) electrons. The second-order valence-corrected chi connectivity index (χ2v) is 5.40. The summed E-state index contributed by atoms with van der Waals surface area (Å²) >= 11 is 0. The predicted molar refractivity (Wildman–Crippen MR) is 85.7 cm³/mol. The van der Waals surface area contributed by atoms with Gasteiger partial charge in [-0.05, 0) is 23.6 Å². The van der Waals surface area contributed by atoms with Crippen LogP contribution in [-0.2, 0) is 0 Å². The van der Waals surface area contributed by atoms with E-state index >= 15 is 0 Å². The minimum Gasteiger partial charge on any atom is -0.351 e. The van der Waals surface area contributed by atoms with Crippen molar-refractivity contribution in [2.24, 2.45) is 0 Å². The number of hydrogen-bond acceptors (Lipinski definition) is 2. The summed E-state index contributed by atoms with van der Waals surface area (Å²) in [6, 6.07) is 18.2. The molecular weight excluding hydrogens is 258 g/mol. The molecule has 0 fully saturated rings. The number of aromatic amines is 1. The summed E-state index contributed by atoms with van der Waals surface area (Å²) in [5.41, 5.74) is 3.87. The van der Waals surface area contributed by atoms with Gasteiger partial charge in [-0.2, -0.15) is 0 Å². The largest absolute Gasteiger partial charge is 0.351 e. The molecule has 0 unspecified atom stereocenters. The molecular formula is C18H11N3. The van der Waals surface area contributed by atoms with E-state index in [1.807, 2.05) is 12.1 Å². The molecule has 3 heteroatoms. The minimum absolute atomic E-state index is 0.495. The zero-order valence-electron chi connectivity index (χ0n) is 11.1. The average Bonchev–Trinajstić information content (AvgIpc) is 2.82. The lowest BCUT2D eigenvalue weighted by atomic mass is 10.1. The van der Waals surface area contributed by atoms with Crippen LogP contribution in [0.25, 0.3) is 43.6 Å². The Hall–Kier alpha value is -2.94. The highest BCUT2D eigenvalue weighted by Gasteiger charge is 2.13. The van der Waals surface area contributed by atoms with Crippen molar-refractivity contribution in [3.05, 3.63) is 60.0 Å². The van der Waals surface area contributed by atoms with Crippen LogP contribution >= 0.6 is 0 Å². The third kappa shape index (κ3) is 1.32. The first-order valence-electron chi connectivity index (χ1n) is 6.92. The fourth-order valence-corrected chi connectivity index (χ4v) is 3.24. The Morgan fingerprint density at radius 2 is 1.71 bits per heavy atom. The lowest BCUT2D eigenvalue weighted by Gasteiger charge is -1.99. The Balaban J connectivity index is 2.16. The number of H-pyrrole nitrogens is 1. The van der Waals surface area contributed by atoms with Crippen molar-refractivity contribution >= 4 is 43.6 Å². The molecule has 5 rings (SSSR count). The summed E-state index contributed by atoms with van der Waals surface area (Å²) in [5.74, 6) is 0. The van der Waals surface area contributed by atoms with Gasteiger partial charge in [0.1, 0.15) is 0 Å². The lowest BCUT2D eigenvalue weighted by molar-refractivity contribution is 1.27. The summed E-state index contributed by atoms with van der Waals surface area (Å²) in [4.78, 5) is 8.29. The van der Waals surface area contributed by atoms with Crippen LogP contribution in [0, 0.1) is 5.41 Å². The van der Waals surface area contributed by atoms with Crippen LogP contribution < -0.4 is 5.36 Å². The summed E-state index contributed by atoms with van der Waals surface area (Å²) in [6.45, 7) is 0. The average molecular weight is 269 g/mol. The molecule has 0 atom stereocenters. The maximum absolute atomic E-state index is 7.77. The van der Waals surface area contributed by atoms with Crippen LogP contribution in [0.1, 0.15) is 0 Å². The monoisotopic (exact) mass is 269 g/mol. The molecule has 0 amide bonds. The van der Waals surface area contributed by atoms with E-state index in [0.29, 0.717) is 5.36 Å². The van der Waals surface area contributed by atoms with Gasteiger partial charge in [-0.3, -0.25) is 0 Å². The van der Waals surface area contributed by atoms with Crippen LogP contribution in [0.5, 0.6) is 0 Å². The normalized spacial score (nSPS) is 12.0. The Morgan fingerprint density at radius 3 is 2.57 bits per heavy atom. The standard InChI is InChI=1S/C18H11N3/c19-11-7-8-14-15(9-11)21-18-13-6-2-4-10-3-1-5-12(16(10)13)17(18)20-14/h1-9,19,21H. The van der Waals surface area contributed by atoms with Crippen LogP contribution in [0.4, 0.5) is 0 Å². The van der Waals surface area contributed by atoms with E-state index < -0.39 is 0 Å². The van der Waals surface area contributed by atoms with Crippen LogP contribution in [0.3, 0.4) is 0 Å². The number of nitrogens with one attached hydrogen (secondary N) is 2. The summed E-state index contributed by atoms with van der Waals surface area (Å²) in [5, 5.41) is 13.1. The van der Waals surface area contributed by atoms with Gasteiger partial charge < -0.3 is 10.4 Å². The van der Waals surface area contributed by atoms with Gasteiger partial charge in [-0.1, -0.05) is 36.4 Å². The van der Waals surface area contributed by atoms with E-state index in [4.69, 9.17) is 10.4 Å². The first-order chi connectivity index (χ1) is 10.3. The number of fused-ring (bicyclic) bond motifs is 4. The van der Waals surface area contributed by atoms with Crippen LogP contribution in [0.2, 0.25) is 0 Å². The Morgan fingerprint density at radius 1 is 0.905 bits per heavy atom. The molecule has 21 heavy (non-hydrogen) atoms. The van der Waals surface area contributed by atoms with E-state index in [-0.39, 0.29) is 0 Å². The van der Waals surface area contributed by atoms with Gasteiger partial charge >= 0.3 is 0 Å². The second kappa shape index (κ2) is 3.58. The molecule has 0 saturated carbocycles. The number of aromatic nitrogens is 2. The Labute approximate surface area is 119 Å². The van der Waals surface area contributed by atoms with Crippen molar-refractivity contribution in [2.45, 2.75) is 0 Å². The van der Waals surface area contributed by atoms with E-state index in [2.05, 4.69) is 41.4 Å². The van der Waals surface area contributed by atoms with Crippen molar-refractivity contribution in [2.75, 3.05) is 0 Å². The molecule has 1 aromatic heterocycles. The highest BCUT2D eigenvalue weighted by atomic mass is 14.8. The van der Waals surface area contributed by atoms with Gasteiger partial charge in [0.05, 0.1) is 27.4 Å². The molecule has 0 aliphatic rings. The zero-order chi connectivity index (χ0) is 14.0. The van der Waals surface area contributed by atoms with Gasteiger partial charge in [0.25, 0.3) is 0 Å². The number of rotatable bonds is 0. The van der Waals surface area contributed by atoms with Crippen molar-refractivity contribution < 1.29 is 0 Å². The third-order valence-corrected chi connectivity index (χ3v) is 4.15. The molecule has 0 aliphatic carbocycles. The SMILES string of the molecule is N=c1ccc2nc3c4cccc5cccc(c3[nH]c2c1)c54. The lowest BCUT2D eigenvalue weighted by Crippen LogP contribution is -1.97. The van der Waals surface area contributed by atoms with Gasteiger partial charge in [0, 0.05) is 16.2 Å². The highest BCUT2D eigenvalue weighted by Crippen LogP contribution is 2.36. The molecule has 2 N–H and O–H groups in total. The van der Waals surface area contributed by atoms with Crippen LogP contribution in [0.15, 0.2) is 54.6 Å². The van der Waals surface area contributed by atoms with Gasteiger partial charge in [-0.15, -0.1) is 0 Å². The third-order valence-electron chi connectivity index (χ3n) is 4.15. The quantitative estimate of drug-likeness (QED) is 0.439.